The van der Waals surface area contributed by atoms with Gasteiger partial charge in [0.05, 0.1) is 31.5 Å². The molecule has 2 aromatic rings. The predicted molar refractivity (Wildman–Crippen MR) is 105 cm³/mol. The number of nitrogens with zero attached hydrogens (tertiary/aromatic N) is 5. The minimum atomic E-state index is 0.509. The van der Waals surface area contributed by atoms with Gasteiger partial charge in [0, 0.05) is 25.4 Å². The lowest BCUT2D eigenvalue weighted by Crippen LogP contribution is -2.38. The molecule has 0 radical (unpaired) electrons. The SMILES string of the molecule is CC(C)Cn1c(SCCOc2ccc(C#N)cc2)nnc1N1CCOCC1. The van der Waals surface area contributed by atoms with Gasteiger partial charge in [-0.25, -0.2) is 0 Å². The van der Waals surface area contributed by atoms with Gasteiger partial charge in [0.25, 0.3) is 0 Å². The van der Waals surface area contributed by atoms with Crippen LogP contribution < -0.4 is 9.64 Å². The van der Waals surface area contributed by atoms with E-state index in [9.17, 15) is 0 Å². The van der Waals surface area contributed by atoms with Crippen molar-refractivity contribution in [2.24, 2.45) is 5.92 Å². The summed E-state index contributed by atoms with van der Waals surface area (Å²) < 4.78 is 13.4. The molecule has 0 spiro atoms. The first kappa shape index (κ1) is 19.5. The second kappa shape index (κ2) is 9.62. The standard InChI is InChI=1S/C19H25N5O2S/c1-15(2)14-24-18(23-7-9-25-10-8-23)21-22-19(24)27-12-11-26-17-5-3-16(13-20)4-6-17/h3-6,15H,7-12,14H2,1-2H3. The molecule has 27 heavy (non-hydrogen) atoms. The summed E-state index contributed by atoms with van der Waals surface area (Å²) in [5.41, 5.74) is 0.633. The Morgan fingerprint density at radius 1 is 1.22 bits per heavy atom. The molecule has 1 aliphatic rings. The van der Waals surface area contributed by atoms with Crippen molar-refractivity contribution in [2.75, 3.05) is 43.6 Å². The van der Waals surface area contributed by atoms with Crippen LogP contribution in [0.15, 0.2) is 29.4 Å². The Morgan fingerprint density at radius 2 is 1.96 bits per heavy atom. The molecule has 144 valence electrons. The van der Waals surface area contributed by atoms with E-state index in [1.54, 1.807) is 23.9 Å². The van der Waals surface area contributed by atoms with Crippen LogP contribution in [0.2, 0.25) is 0 Å². The Bertz CT molecular complexity index is 763. The van der Waals surface area contributed by atoms with Crippen LogP contribution >= 0.6 is 11.8 Å². The van der Waals surface area contributed by atoms with E-state index in [1.807, 2.05) is 12.1 Å². The quantitative estimate of drug-likeness (QED) is 0.509. The zero-order valence-electron chi connectivity index (χ0n) is 15.8. The molecular formula is C19H25N5O2S. The smallest absolute Gasteiger partial charge is 0.228 e. The van der Waals surface area contributed by atoms with E-state index in [4.69, 9.17) is 14.7 Å². The highest BCUT2D eigenvalue weighted by atomic mass is 32.2. The molecule has 1 aromatic carbocycles. The molecule has 0 atom stereocenters. The van der Waals surface area contributed by atoms with Crippen LogP contribution in [0.1, 0.15) is 19.4 Å². The summed E-state index contributed by atoms with van der Waals surface area (Å²) in [6.45, 7) is 9.02. The average Bonchev–Trinajstić information content (AvgIpc) is 3.08. The minimum Gasteiger partial charge on any atom is -0.493 e. The van der Waals surface area contributed by atoms with Gasteiger partial charge >= 0.3 is 0 Å². The normalized spacial score (nSPS) is 14.4. The molecule has 3 rings (SSSR count). The first-order valence-electron chi connectivity index (χ1n) is 9.19. The third-order valence-electron chi connectivity index (χ3n) is 4.11. The van der Waals surface area contributed by atoms with Gasteiger partial charge in [-0.3, -0.25) is 4.57 Å². The van der Waals surface area contributed by atoms with Crippen LogP contribution in [0.25, 0.3) is 0 Å². The van der Waals surface area contributed by atoms with Gasteiger partial charge in [0.1, 0.15) is 5.75 Å². The van der Waals surface area contributed by atoms with Gasteiger partial charge in [-0.2, -0.15) is 5.26 Å². The number of rotatable bonds is 8. The van der Waals surface area contributed by atoms with E-state index in [0.29, 0.717) is 18.1 Å². The van der Waals surface area contributed by atoms with Gasteiger partial charge in [0.15, 0.2) is 5.16 Å². The topological polar surface area (TPSA) is 76.2 Å². The number of benzene rings is 1. The van der Waals surface area contributed by atoms with Gasteiger partial charge in [-0.15, -0.1) is 10.2 Å². The van der Waals surface area contributed by atoms with Crippen molar-refractivity contribution >= 4 is 17.7 Å². The second-order valence-corrected chi connectivity index (χ2v) is 7.78. The van der Waals surface area contributed by atoms with Gasteiger partial charge in [-0.05, 0) is 30.2 Å². The Kier molecular flexibility index (Phi) is 6.96. The van der Waals surface area contributed by atoms with Crippen molar-refractivity contribution in [3.05, 3.63) is 29.8 Å². The molecule has 1 fully saturated rings. The minimum absolute atomic E-state index is 0.509. The van der Waals surface area contributed by atoms with Crippen LogP contribution in [-0.4, -0.2) is 53.4 Å². The fraction of sp³-hybridized carbons (Fsp3) is 0.526. The summed E-state index contributed by atoms with van der Waals surface area (Å²) in [5.74, 6) is 2.99. The largest absolute Gasteiger partial charge is 0.493 e. The number of thioether (sulfide) groups is 1. The lowest BCUT2D eigenvalue weighted by molar-refractivity contribution is 0.121. The number of morpholine rings is 1. The zero-order chi connectivity index (χ0) is 19.1. The first-order valence-corrected chi connectivity index (χ1v) is 10.2. The maximum Gasteiger partial charge on any atom is 0.228 e. The van der Waals surface area contributed by atoms with Gasteiger partial charge in [0.2, 0.25) is 5.95 Å². The van der Waals surface area contributed by atoms with Crippen molar-refractivity contribution in [2.45, 2.75) is 25.5 Å². The molecular weight excluding hydrogens is 362 g/mol. The van der Waals surface area contributed by atoms with Crippen molar-refractivity contribution in [1.82, 2.24) is 14.8 Å². The van der Waals surface area contributed by atoms with E-state index in [1.165, 1.54) is 0 Å². The van der Waals surface area contributed by atoms with Gasteiger partial charge in [-0.1, -0.05) is 25.6 Å². The van der Waals surface area contributed by atoms with Crippen molar-refractivity contribution in [3.8, 4) is 11.8 Å². The summed E-state index contributed by atoms with van der Waals surface area (Å²) >= 11 is 1.65. The summed E-state index contributed by atoms with van der Waals surface area (Å²) in [6, 6.07) is 9.27. The highest BCUT2D eigenvalue weighted by Crippen LogP contribution is 2.24. The predicted octanol–water partition coefficient (Wildman–Crippen LogP) is 2.81. The Balaban J connectivity index is 1.58. The summed E-state index contributed by atoms with van der Waals surface area (Å²) in [6.07, 6.45) is 0. The lowest BCUT2D eigenvalue weighted by Gasteiger charge is -2.28. The molecule has 7 nitrogen and oxygen atoms in total. The highest BCUT2D eigenvalue weighted by Gasteiger charge is 2.21. The summed E-state index contributed by atoms with van der Waals surface area (Å²) in [7, 11) is 0. The average molecular weight is 388 g/mol. The molecule has 1 saturated heterocycles. The van der Waals surface area contributed by atoms with Crippen LogP contribution in [0.4, 0.5) is 5.95 Å². The van der Waals surface area contributed by atoms with Crippen molar-refractivity contribution < 1.29 is 9.47 Å². The Labute approximate surface area is 164 Å². The van der Waals surface area contributed by atoms with E-state index < -0.39 is 0 Å². The molecule has 1 aliphatic heterocycles. The Morgan fingerprint density at radius 3 is 2.63 bits per heavy atom. The maximum atomic E-state index is 8.83. The van der Waals surface area contributed by atoms with Crippen LogP contribution in [-0.2, 0) is 11.3 Å². The second-order valence-electron chi connectivity index (χ2n) is 6.72. The van der Waals surface area contributed by atoms with Crippen molar-refractivity contribution in [1.29, 1.82) is 5.26 Å². The van der Waals surface area contributed by atoms with Crippen LogP contribution in [0, 0.1) is 17.2 Å². The number of nitriles is 1. The third-order valence-corrected chi connectivity index (χ3v) is 5.04. The fourth-order valence-electron chi connectivity index (χ4n) is 2.83. The summed E-state index contributed by atoms with van der Waals surface area (Å²) in [5, 5.41) is 18.6. The Hall–Kier alpha value is -2.24. The zero-order valence-corrected chi connectivity index (χ0v) is 16.6. The fourth-order valence-corrected chi connectivity index (χ4v) is 3.59. The molecule has 8 heteroatoms. The van der Waals surface area contributed by atoms with E-state index in [0.717, 1.165) is 55.5 Å². The number of ether oxygens (including phenoxy) is 2. The maximum absolute atomic E-state index is 8.83. The molecule has 0 N–H and O–H groups in total. The van der Waals surface area contributed by atoms with Gasteiger partial charge < -0.3 is 14.4 Å². The first-order chi connectivity index (χ1) is 13.2. The lowest BCUT2D eigenvalue weighted by atomic mass is 10.2. The van der Waals surface area contributed by atoms with E-state index >= 15 is 0 Å². The molecule has 2 heterocycles. The molecule has 0 aliphatic carbocycles. The summed E-state index contributed by atoms with van der Waals surface area (Å²) in [4.78, 5) is 2.25. The molecule has 0 unspecified atom stereocenters. The number of anilines is 1. The molecule has 0 saturated carbocycles. The number of hydrogen-bond acceptors (Lipinski definition) is 7. The number of hydrogen-bond donors (Lipinski definition) is 0. The van der Waals surface area contributed by atoms with E-state index in [-0.39, 0.29) is 0 Å². The molecule has 1 aromatic heterocycles. The van der Waals surface area contributed by atoms with E-state index in [2.05, 4.69) is 39.6 Å². The van der Waals surface area contributed by atoms with Crippen LogP contribution in [0.3, 0.4) is 0 Å². The van der Waals surface area contributed by atoms with Crippen molar-refractivity contribution in [3.63, 3.8) is 0 Å². The number of aromatic nitrogens is 3. The molecule has 0 bridgehead atoms. The molecule has 0 amide bonds. The highest BCUT2D eigenvalue weighted by molar-refractivity contribution is 7.99. The monoisotopic (exact) mass is 387 g/mol. The van der Waals surface area contributed by atoms with Crippen LogP contribution in [0.5, 0.6) is 5.75 Å². The third kappa shape index (κ3) is 5.37.